The van der Waals surface area contributed by atoms with Crippen LogP contribution in [0.5, 0.6) is 5.75 Å². The van der Waals surface area contributed by atoms with Gasteiger partial charge >= 0.3 is 0 Å². The van der Waals surface area contributed by atoms with Crippen molar-refractivity contribution in [2.24, 2.45) is 16.5 Å². The summed E-state index contributed by atoms with van der Waals surface area (Å²) < 4.78 is 11.4. The highest BCUT2D eigenvalue weighted by atomic mass is 127. The third-order valence-electron chi connectivity index (χ3n) is 3.10. The zero-order valence-electron chi connectivity index (χ0n) is 11.7. The van der Waals surface area contributed by atoms with Crippen molar-refractivity contribution in [2.45, 2.75) is 32.4 Å². The Morgan fingerprint density at radius 2 is 2.25 bits per heavy atom. The molecule has 0 bridgehead atoms. The lowest BCUT2D eigenvalue weighted by Gasteiger charge is -2.14. The number of nitrogens with zero attached hydrogens (tertiary/aromatic N) is 1. The first-order chi connectivity index (χ1) is 9.15. The van der Waals surface area contributed by atoms with Crippen LogP contribution < -0.4 is 16.2 Å². The number of guanidine groups is 1. The van der Waals surface area contributed by atoms with Gasteiger partial charge in [0.1, 0.15) is 12.4 Å². The van der Waals surface area contributed by atoms with E-state index in [0.29, 0.717) is 13.2 Å². The molecule has 4 N–H and O–H groups in total. The summed E-state index contributed by atoms with van der Waals surface area (Å²) in [5.74, 6) is 0.922. The number of ether oxygens (including phenoxy) is 2. The smallest absolute Gasteiger partial charge is 0.186 e. The minimum atomic E-state index is 0. The fourth-order valence-corrected chi connectivity index (χ4v) is 2.06. The molecule has 5 nitrogen and oxygen atoms in total. The maximum Gasteiger partial charge on any atom is 0.186 e. The minimum absolute atomic E-state index is 0. The van der Waals surface area contributed by atoms with Crippen LogP contribution in [0.1, 0.15) is 24.0 Å². The van der Waals surface area contributed by atoms with E-state index in [2.05, 4.69) is 4.99 Å². The van der Waals surface area contributed by atoms with Crippen LogP contribution in [0.4, 0.5) is 0 Å². The van der Waals surface area contributed by atoms with Crippen molar-refractivity contribution < 1.29 is 9.47 Å². The van der Waals surface area contributed by atoms with Crippen molar-refractivity contribution in [1.29, 1.82) is 0 Å². The van der Waals surface area contributed by atoms with E-state index < -0.39 is 0 Å². The van der Waals surface area contributed by atoms with E-state index in [1.165, 1.54) is 0 Å². The molecule has 0 radical (unpaired) electrons. The molecule has 0 amide bonds. The third-order valence-corrected chi connectivity index (χ3v) is 3.10. The summed E-state index contributed by atoms with van der Waals surface area (Å²) in [4.78, 5) is 4.03. The Balaban J connectivity index is 0.00000200. The van der Waals surface area contributed by atoms with Gasteiger partial charge in [-0.25, -0.2) is 4.99 Å². The van der Waals surface area contributed by atoms with Crippen molar-refractivity contribution in [3.63, 3.8) is 0 Å². The fraction of sp³-hybridized carbons (Fsp3) is 0.500. The molecular formula is C14H22IN3O2. The minimum Gasteiger partial charge on any atom is -0.491 e. The quantitative estimate of drug-likeness (QED) is 0.457. The summed E-state index contributed by atoms with van der Waals surface area (Å²) in [5.41, 5.74) is 12.9. The van der Waals surface area contributed by atoms with Crippen molar-refractivity contribution in [3.05, 3.63) is 29.3 Å². The second-order valence-corrected chi connectivity index (χ2v) is 4.80. The molecule has 2 rings (SSSR count). The summed E-state index contributed by atoms with van der Waals surface area (Å²) >= 11 is 0. The summed E-state index contributed by atoms with van der Waals surface area (Å²) in [6.45, 7) is 3.88. The third kappa shape index (κ3) is 5.16. The standard InChI is InChI=1S/C14H21N3O2.HI/c1-10-4-5-11(8-17-14(15)16)13(7-10)19-9-12-3-2-6-18-12;/h4-5,7,12H,2-3,6,8-9H2,1H3,(H4,15,16,17);1H. The summed E-state index contributed by atoms with van der Waals surface area (Å²) in [5, 5.41) is 0. The van der Waals surface area contributed by atoms with Gasteiger partial charge in [-0.2, -0.15) is 0 Å². The first kappa shape index (κ1) is 17.0. The Hall–Kier alpha value is -1.02. The molecule has 1 fully saturated rings. The predicted octanol–water partition coefficient (Wildman–Crippen LogP) is 1.94. The van der Waals surface area contributed by atoms with Crippen molar-refractivity contribution in [3.8, 4) is 5.75 Å². The van der Waals surface area contributed by atoms with Gasteiger partial charge in [0.05, 0.1) is 12.6 Å². The molecule has 112 valence electrons. The molecule has 1 heterocycles. The van der Waals surface area contributed by atoms with E-state index in [-0.39, 0.29) is 36.0 Å². The molecule has 0 aliphatic carbocycles. The molecule has 1 aliphatic heterocycles. The molecule has 20 heavy (non-hydrogen) atoms. The summed E-state index contributed by atoms with van der Waals surface area (Å²) in [6.07, 6.45) is 2.38. The van der Waals surface area contributed by atoms with Crippen LogP contribution in [0.25, 0.3) is 0 Å². The average Bonchev–Trinajstić information content (AvgIpc) is 2.88. The molecule has 1 aromatic rings. The largest absolute Gasteiger partial charge is 0.491 e. The van der Waals surface area contributed by atoms with Crippen LogP contribution in [-0.4, -0.2) is 25.3 Å². The van der Waals surface area contributed by atoms with Crippen LogP contribution in [0.3, 0.4) is 0 Å². The highest BCUT2D eigenvalue weighted by Gasteiger charge is 2.16. The van der Waals surface area contributed by atoms with E-state index in [4.69, 9.17) is 20.9 Å². The SMILES string of the molecule is Cc1ccc(CN=C(N)N)c(OCC2CCCO2)c1.I. The molecule has 6 heteroatoms. The Morgan fingerprint density at radius 3 is 2.90 bits per heavy atom. The van der Waals surface area contributed by atoms with Crippen LogP contribution >= 0.6 is 24.0 Å². The first-order valence-electron chi connectivity index (χ1n) is 6.54. The number of nitrogens with two attached hydrogens (primary N) is 2. The maximum atomic E-state index is 5.86. The molecule has 1 aliphatic rings. The van der Waals surface area contributed by atoms with E-state index in [0.717, 1.165) is 36.3 Å². The number of halogens is 1. The highest BCUT2D eigenvalue weighted by Crippen LogP contribution is 2.23. The lowest BCUT2D eigenvalue weighted by Crippen LogP contribution is -2.22. The van der Waals surface area contributed by atoms with E-state index in [1.807, 2.05) is 25.1 Å². The van der Waals surface area contributed by atoms with Crippen LogP contribution in [0, 0.1) is 6.92 Å². The van der Waals surface area contributed by atoms with Crippen LogP contribution in [0.15, 0.2) is 23.2 Å². The second-order valence-electron chi connectivity index (χ2n) is 4.80. The van der Waals surface area contributed by atoms with Gasteiger partial charge in [0, 0.05) is 12.2 Å². The molecule has 0 aromatic heterocycles. The topological polar surface area (TPSA) is 82.9 Å². The molecule has 1 unspecified atom stereocenters. The van der Waals surface area contributed by atoms with Gasteiger partial charge < -0.3 is 20.9 Å². The fourth-order valence-electron chi connectivity index (χ4n) is 2.06. The van der Waals surface area contributed by atoms with E-state index in [1.54, 1.807) is 0 Å². The van der Waals surface area contributed by atoms with Gasteiger partial charge in [0.25, 0.3) is 0 Å². The van der Waals surface area contributed by atoms with Crippen molar-refractivity contribution in [2.75, 3.05) is 13.2 Å². The number of benzene rings is 1. The number of hydrogen-bond acceptors (Lipinski definition) is 3. The first-order valence-corrected chi connectivity index (χ1v) is 6.54. The average molecular weight is 391 g/mol. The van der Waals surface area contributed by atoms with Gasteiger partial charge in [0.15, 0.2) is 5.96 Å². The van der Waals surface area contributed by atoms with Gasteiger partial charge in [-0.05, 0) is 31.4 Å². The van der Waals surface area contributed by atoms with Gasteiger partial charge in [-0.15, -0.1) is 24.0 Å². The number of hydrogen-bond donors (Lipinski definition) is 2. The Labute approximate surface area is 136 Å². The van der Waals surface area contributed by atoms with Gasteiger partial charge in [-0.3, -0.25) is 0 Å². The lowest BCUT2D eigenvalue weighted by atomic mass is 10.1. The maximum absolute atomic E-state index is 5.86. The van der Waals surface area contributed by atoms with E-state index in [9.17, 15) is 0 Å². The lowest BCUT2D eigenvalue weighted by molar-refractivity contribution is 0.0676. The summed E-state index contributed by atoms with van der Waals surface area (Å²) in [7, 11) is 0. The van der Waals surface area contributed by atoms with Crippen LogP contribution in [-0.2, 0) is 11.3 Å². The number of rotatable bonds is 5. The van der Waals surface area contributed by atoms with Gasteiger partial charge in [0.2, 0.25) is 0 Å². The Kier molecular flexibility index (Phi) is 7.08. The second kappa shape index (κ2) is 8.31. The van der Waals surface area contributed by atoms with Crippen molar-refractivity contribution in [1.82, 2.24) is 0 Å². The molecule has 0 saturated carbocycles. The number of aryl methyl sites for hydroxylation is 1. The Bertz CT molecular complexity index is 456. The zero-order chi connectivity index (χ0) is 13.7. The molecule has 1 aromatic carbocycles. The Morgan fingerprint density at radius 1 is 1.45 bits per heavy atom. The summed E-state index contributed by atoms with van der Waals surface area (Å²) in [6, 6.07) is 6.02. The monoisotopic (exact) mass is 391 g/mol. The molecule has 1 atom stereocenters. The molecular weight excluding hydrogens is 369 g/mol. The zero-order valence-corrected chi connectivity index (χ0v) is 14.0. The number of aliphatic imine (C=N–C) groups is 1. The highest BCUT2D eigenvalue weighted by molar-refractivity contribution is 14.0. The predicted molar refractivity (Wildman–Crippen MR) is 90.6 cm³/mol. The van der Waals surface area contributed by atoms with Gasteiger partial charge in [-0.1, -0.05) is 12.1 Å². The van der Waals surface area contributed by atoms with Crippen LogP contribution in [0.2, 0.25) is 0 Å². The molecule has 1 saturated heterocycles. The van der Waals surface area contributed by atoms with E-state index >= 15 is 0 Å². The normalized spacial score (nSPS) is 17.4. The molecule has 0 spiro atoms. The van der Waals surface area contributed by atoms with Crippen molar-refractivity contribution >= 4 is 29.9 Å².